The molecule has 0 bridgehead atoms. The minimum atomic E-state index is -0.0422. The van der Waals surface area contributed by atoms with Gasteiger partial charge in [0, 0.05) is 0 Å². The average molecular weight is 320 g/mol. The molecule has 1 heterocycles. The molecule has 1 atom stereocenters. The van der Waals surface area contributed by atoms with Gasteiger partial charge in [0.05, 0.1) is 22.4 Å². The smallest absolute Gasteiger partial charge is 0.203 e. The van der Waals surface area contributed by atoms with Crippen molar-refractivity contribution in [2.45, 2.75) is 37.4 Å². The van der Waals surface area contributed by atoms with Crippen LogP contribution in [0.4, 0.5) is 0 Å². The van der Waals surface area contributed by atoms with Crippen LogP contribution >= 0.6 is 10.5 Å². The van der Waals surface area contributed by atoms with Crippen molar-refractivity contribution in [2.75, 3.05) is 0 Å². The molecule has 1 aromatic heterocycles. The first-order valence-electron chi connectivity index (χ1n) is 8.20. The molecule has 2 nitrogen and oxygen atoms in total. The zero-order valence-corrected chi connectivity index (χ0v) is 13.7. The van der Waals surface area contributed by atoms with Gasteiger partial charge in [-0.05, 0) is 66.5 Å². The quantitative estimate of drug-likeness (QED) is 0.440. The number of hydrogen-bond acceptors (Lipinski definition) is 2. The minimum Gasteiger partial charge on any atom is -0.288 e. The predicted octanol–water partition coefficient (Wildman–Crippen LogP) is 5.48. The van der Waals surface area contributed by atoms with E-state index in [0.717, 1.165) is 15.5 Å². The highest BCUT2D eigenvalue weighted by Crippen LogP contribution is 2.49. The summed E-state index contributed by atoms with van der Waals surface area (Å²) in [7, 11) is -0.0422. The van der Waals surface area contributed by atoms with Crippen LogP contribution < -0.4 is 5.43 Å². The van der Waals surface area contributed by atoms with Crippen molar-refractivity contribution in [2.24, 2.45) is 0 Å². The molecule has 1 unspecified atom stereocenters. The highest BCUT2D eigenvalue weighted by Gasteiger charge is 2.30. The number of nitriles is 1. The van der Waals surface area contributed by atoms with Gasteiger partial charge in [0.25, 0.3) is 0 Å². The SMILES string of the molecule is N#Cc1ccc2c(c1)c(=O)c1ccccc1[s+]2C1CCCCC1. The first-order valence-corrected chi connectivity index (χ1v) is 9.49. The van der Waals surface area contributed by atoms with Gasteiger partial charge in [-0.3, -0.25) is 4.79 Å². The van der Waals surface area contributed by atoms with Crippen molar-refractivity contribution in [3.63, 3.8) is 0 Å². The summed E-state index contributed by atoms with van der Waals surface area (Å²) in [4.78, 5) is 12.9. The van der Waals surface area contributed by atoms with E-state index in [1.807, 2.05) is 30.3 Å². The van der Waals surface area contributed by atoms with Crippen molar-refractivity contribution in [1.29, 1.82) is 5.26 Å². The van der Waals surface area contributed by atoms with Crippen molar-refractivity contribution in [3.05, 3.63) is 58.3 Å². The van der Waals surface area contributed by atoms with E-state index in [-0.39, 0.29) is 15.9 Å². The van der Waals surface area contributed by atoms with Gasteiger partial charge in [0.1, 0.15) is 5.25 Å². The second-order valence-electron chi connectivity index (χ2n) is 6.25. The number of rotatable bonds is 1. The fourth-order valence-corrected chi connectivity index (χ4v) is 6.72. The molecule has 0 aliphatic heterocycles. The molecule has 3 heteroatoms. The van der Waals surface area contributed by atoms with Crippen molar-refractivity contribution in [1.82, 2.24) is 0 Å². The highest BCUT2D eigenvalue weighted by molar-refractivity contribution is 7.42. The number of fused-ring (bicyclic) bond motifs is 2. The largest absolute Gasteiger partial charge is 0.288 e. The fraction of sp³-hybridized carbons (Fsp3) is 0.300. The Bertz CT molecular complexity index is 990. The second kappa shape index (κ2) is 5.79. The minimum absolute atomic E-state index is 0.0422. The summed E-state index contributed by atoms with van der Waals surface area (Å²) in [6.07, 6.45) is 6.39. The fourth-order valence-electron chi connectivity index (χ4n) is 3.74. The molecule has 23 heavy (non-hydrogen) atoms. The molecule has 0 saturated heterocycles. The van der Waals surface area contributed by atoms with Gasteiger partial charge >= 0.3 is 0 Å². The van der Waals surface area contributed by atoms with Gasteiger partial charge < -0.3 is 0 Å². The summed E-state index contributed by atoms with van der Waals surface area (Å²) >= 11 is 0. The van der Waals surface area contributed by atoms with Crippen LogP contribution in [0.15, 0.2) is 47.3 Å². The van der Waals surface area contributed by atoms with Crippen LogP contribution in [0.3, 0.4) is 0 Å². The highest BCUT2D eigenvalue weighted by atomic mass is 32.2. The Hall–Kier alpha value is -2.18. The summed E-state index contributed by atoms with van der Waals surface area (Å²) in [6.45, 7) is 0. The van der Waals surface area contributed by atoms with Crippen LogP contribution in [0.5, 0.6) is 0 Å². The number of benzene rings is 2. The van der Waals surface area contributed by atoms with Crippen molar-refractivity contribution >= 4 is 30.6 Å². The summed E-state index contributed by atoms with van der Waals surface area (Å²) in [5.41, 5.74) is 0.649. The van der Waals surface area contributed by atoms with Gasteiger partial charge in [-0.2, -0.15) is 5.26 Å². The predicted molar refractivity (Wildman–Crippen MR) is 97.0 cm³/mol. The lowest BCUT2D eigenvalue weighted by atomic mass is 10.0. The maximum atomic E-state index is 12.9. The normalized spacial score (nSPS) is 16.6. The topological polar surface area (TPSA) is 40.9 Å². The van der Waals surface area contributed by atoms with Gasteiger partial charge in [0.2, 0.25) is 5.43 Å². The van der Waals surface area contributed by atoms with E-state index >= 15 is 0 Å². The van der Waals surface area contributed by atoms with Gasteiger partial charge in [-0.15, -0.1) is 0 Å². The van der Waals surface area contributed by atoms with E-state index in [1.165, 1.54) is 36.8 Å². The standard InChI is InChI=1S/C20H18NOS/c21-13-14-10-11-19-17(12-14)20(22)16-8-4-5-9-18(16)23(19)15-6-2-1-3-7-15/h4-5,8-12,15H,1-3,6-7H2/q+1. The third-order valence-corrected chi connectivity index (χ3v) is 7.64. The lowest BCUT2D eigenvalue weighted by Crippen LogP contribution is -2.06. The molecule has 1 saturated carbocycles. The molecule has 1 fully saturated rings. The van der Waals surface area contributed by atoms with Crippen LogP contribution in [0.1, 0.15) is 42.9 Å². The second-order valence-corrected chi connectivity index (χ2v) is 8.47. The molecule has 0 radical (unpaired) electrons. The van der Waals surface area contributed by atoms with Crippen molar-refractivity contribution in [3.8, 4) is 6.07 Å². The lowest BCUT2D eigenvalue weighted by molar-refractivity contribution is 0.488. The van der Waals surface area contributed by atoms with Gasteiger partial charge in [-0.25, -0.2) is 0 Å². The Labute approximate surface area is 138 Å². The molecule has 114 valence electrons. The molecule has 1 aliphatic rings. The van der Waals surface area contributed by atoms with E-state index in [9.17, 15) is 10.1 Å². The molecular formula is C20H18NOS+. The van der Waals surface area contributed by atoms with E-state index < -0.39 is 0 Å². The maximum absolute atomic E-state index is 12.9. The van der Waals surface area contributed by atoms with Crippen molar-refractivity contribution < 1.29 is 0 Å². The zero-order chi connectivity index (χ0) is 15.8. The molecule has 0 spiro atoms. The third kappa shape index (κ3) is 2.34. The number of hydrogen-bond donors (Lipinski definition) is 0. The molecule has 0 amide bonds. The Kier molecular flexibility index (Phi) is 3.63. The Morgan fingerprint density at radius 2 is 1.70 bits per heavy atom. The van der Waals surface area contributed by atoms with E-state index in [2.05, 4.69) is 12.1 Å². The Morgan fingerprint density at radius 1 is 0.957 bits per heavy atom. The number of nitrogens with zero attached hydrogens (tertiary/aromatic N) is 1. The molecule has 0 N–H and O–H groups in total. The first kappa shape index (κ1) is 14.4. The zero-order valence-electron chi connectivity index (χ0n) is 12.9. The molecule has 2 aromatic carbocycles. The van der Waals surface area contributed by atoms with Crippen LogP contribution in [0.25, 0.3) is 20.2 Å². The monoisotopic (exact) mass is 320 g/mol. The molecule has 1 aliphatic carbocycles. The molecular weight excluding hydrogens is 302 g/mol. The summed E-state index contributed by atoms with van der Waals surface area (Å²) in [5.74, 6) is 0. The van der Waals surface area contributed by atoms with Crippen LogP contribution in [-0.2, 0) is 0 Å². The van der Waals surface area contributed by atoms with Crippen LogP contribution in [-0.4, -0.2) is 0 Å². The molecule has 3 aromatic rings. The average Bonchev–Trinajstić information content (AvgIpc) is 2.63. The Morgan fingerprint density at radius 3 is 2.48 bits per heavy atom. The summed E-state index contributed by atoms with van der Waals surface area (Å²) in [6, 6.07) is 15.9. The lowest BCUT2D eigenvalue weighted by Gasteiger charge is -2.18. The summed E-state index contributed by atoms with van der Waals surface area (Å²) in [5, 5.41) is 11.4. The molecule has 4 rings (SSSR count). The first-order chi connectivity index (χ1) is 11.3. The van der Waals surface area contributed by atoms with E-state index in [1.54, 1.807) is 6.07 Å². The van der Waals surface area contributed by atoms with E-state index in [0.29, 0.717) is 10.8 Å². The van der Waals surface area contributed by atoms with Crippen LogP contribution in [0, 0.1) is 11.3 Å². The third-order valence-electron chi connectivity index (χ3n) is 4.84. The van der Waals surface area contributed by atoms with E-state index in [4.69, 9.17) is 0 Å². The van der Waals surface area contributed by atoms with Crippen LogP contribution in [0.2, 0.25) is 0 Å². The summed E-state index contributed by atoms with van der Waals surface area (Å²) < 4.78 is 2.36. The van der Waals surface area contributed by atoms with Gasteiger partial charge in [-0.1, -0.05) is 18.6 Å². The maximum Gasteiger partial charge on any atom is 0.203 e. The Balaban J connectivity index is 2.13. The van der Waals surface area contributed by atoms with Gasteiger partial charge in [0.15, 0.2) is 9.40 Å².